The third kappa shape index (κ3) is 4.48. The first kappa shape index (κ1) is 17.2. The topological polar surface area (TPSA) is 70.9 Å². The molecule has 0 spiro atoms. The molecule has 0 atom stereocenters. The summed E-state index contributed by atoms with van der Waals surface area (Å²) in [6, 6.07) is 24.1. The number of aromatic carboxylic acids is 1. The minimum atomic E-state index is -1.00. The highest BCUT2D eigenvalue weighted by Gasteiger charge is 2.07. The van der Waals surface area contributed by atoms with E-state index in [0.717, 1.165) is 11.1 Å². The summed E-state index contributed by atoms with van der Waals surface area (Å²) in [5.74, 6) is -0.302. The molecule has 0 saturated heterocycles. The molecule has 5 nitrogen and oxygen atoms in total. The predicted octanol–water partition coefficient (Wildman–Crippen LogP) is 4.41. The summed E-state index contributed by atoms with van der Waals surface area (Å²) >= 11 is 0. The van der Waals surface area contributed by atoms with Crippen LogP contribution in [0.5, 0.6) is 5.75 Å². The number of para-hydroxylation sites is 2. The van der Waals surface area contributed by atoms with Crippen molar-refractivity contribution in [3.63, 3.8) is 0 Å². The lowest BCUT2D eigenvalue weighted by Crippen LogP contribution is -2.02. The molecule has 0 radical (unpaired) electrons. The third-order valence-electron chi connectivity index (χ3n) is 3.70. The normalized spacial score (nSPS) is 10.6. The van der Waals surface area contributed by atoms with Gasteiger partial charge in [-0.2, -0.15) is 5.10 Å². The fraction of sp³-hybridized carbons (Fsp3) is 0.0476. The standard InChI is InChI=1S/C21H18N2O3/c24-21(25)18-11-5-6-12-19(18)23-22-14-17-10-4-7-13-20(17)26-15-16-8-2-1-3-9-16/h1-14,23H,15H2,(H,24,25). The van der Waals surface area contributed by atoms with Gasteiger partial charge in [0, 0.05) is 5.56 Å². The van der Waals surface area contributed by atoms with E-state index in [1.54, 1.807) is 24.4 Å². The minimum absolute atomic E-state index is 0.165. The number of nitrogens with zero attached hydrogens (tertiary/aromatic N) is 1. The van der Waals surface area contributed by atoms with Crippen LogP contribution in [0.15, 0.2) is 84.0 Å². The number of hydrogen-bond donors (Lipinski definition) is 2. The molecule has 0 aliphatic rings. The van der Waals surface area contributed by atoms with Crippen LogP contribution < -0.4 is 10.2 Å². The van der Waals surface area contributed by atoms with Gasteiger partial charge < -0.3 is 9.84 Å². The maximum absolute atomic E-state index is 11.2. The van der Waals surface area contributed by atoms with E-state index in [2.05, 4.69) is 10.5 Å². The third-order valence-corrected chi connectivity index (χ3v) is 3.70. The van der Waals surface area contributed by atoms with Gasteiger partial charge >= 0.3 is 5.97 Å². The monoisotopic (exact) mass is 346 g/mol. The van der Waals surface area contributed by atoms with Crippen molar-refractivity contribution in [2.24, 2.45) is 5.10 Å². The van der Waals surface area contributed by atoms with Crippen LogP contribution in [-0.4, -0.2) is 17.3 Å². The summed E-state index contributed by atoms with van der Waals surface area (Å²) in [4.78, 5) is 11.2. The molecule has 3 rings (SSSR count). The van der Waals surface area contributed by atoms with Gasteiger partial charge in [-0.3, -0.25) is 5.43 Å². The smallest absolute Gasteiger partial charge is 0.337 e. The lowest BCUT2D eigenvalue weighted by atomic mass is 10.2. The van der Waals surface area contributed by atoms with Crippen molar-refractivity contribution in [2.45, 2.75) is 6.61 Å². The number of hydrogen-bond acceptors (Lipinski definition) is 4. The van der Waals surface area contributed by atoms with E-state index in [1.807, 2.05) is 54.6 Å². The van der Waals surface area contributed by atoms with Crippen molar-refractivity contribution < 1.29 is 14.6 Å². The highest BCUT2D eigenvalue weighted by Crippen LogP contribution is 2.18. The summed E-state index contributed by atoms with van der Waals surface area (Å²) in [7, 11) is 0. The Hall–Kier alpha value is -3.60. The number of rotatable bonds is 7. The first-order chi connectivity index (χ1) is 12.7. The molecule has 0 aliphatic carbocycles. The van der Waals surface area contributed by atoms with Crippen LogP contribution in [0.25, 0.3) is 0 Å². The molecule has 3 aromatic carbocycles. The molecule has 0 saturated carbocycles. The largest absolute Gasteiger partial charge is 0.488 e. The van der Waals surface area contributed by atoms with E-state index >= 15 is 0 Å². The van der Waals surface area contributed by atoms with Gasteiger partial charge in [0.05, 0.1) is 17.5 Å². The van der Waals surface area contributed by atoms with E-state index in [-0.39, 0.29) is 5.56 Å². The fourth-order valence-corrected chi connectivity index (χ4v) is 2.39. The van der Waals surface area contributed by atoms with E-state index in [9.17, 15) is 9.90 Å². The zero-order chi connectivity index (χ0) is 18.2. The van der Waals surface area contributed by atoms with Crippen LogP contribution in [0.2, 0.25) is 0 Å². The molecule has 0 heterocycles. The molecular weight excluding hydrogens is 328 g/mol. The Bertz CT molecular complexity index is 908. The maximum Gasteiger partial charge on any atom is 0.337 e. The van der Waals surface area contributed by atoms with Crippen LogP contribution in [0.4, 0.5) is 5.69 Å². The van der Waals surface area contributed by atoms with Crippen molar-refractivity contribution in [3.8, 4) is 5.75 Å². The molecule has 0 aromatic heterocycles. The Morgan fingerprint density at radius 1 is 0.962 bits per heavy atom. The summed E-state index contributed by atoms with van der Waals surface area (Å²) in [5.41, 5.74) is 5.24. The average molecular weight is 346 g/mol. The van der Waals surface area contributed by atoms with Gasteiger partial charge in [-0.25, -0.2) is 4.79 Å². The Labute approximate surface area is 151 Å². The Morgan fingerprint density at radius 2 is 1.65 bits per heavy atom. The lowest BCUT2D eigenvalue weighted by Gasteiger charge is -2.09. The second-order valence-electron chi connectivity index (χ2n) is 5.53. The number of carboxylic acids is 1. The number of benzene rings is 3. The minimum Gasteiger partial charge on any atom is -0.488 e. The molecule has 0 aliphatic heterocycles. The summed E-state index contributed by atoms with van der Waals surface area (Å²) < 4.78 is 5.87. The molecule has 2 N–H and O–H groups in total. The average Bonchev–Trinajstić information content (AvgIpc) is 2.68. The lowest BCUT2D eigenvalue weighted by molar-refractivity contribution is 0.0698. The molecule has 26 heavy (non-hydrogen) atoms. The molecule has 130 valence electrons. The summed E-state index contributed by atoms with van der Waals surface area (Å²) in [6.07, 6.45) is 1.61. The van der Waals surface area contributed by atoms with Crippen molar-refractivity contribution in [3.05, 3.63) is 95.6 Å². The van der Waals surface area contributed by atoms with Crippen molar-refractivity contribution in [1.29, 1.82) is 0 Å². The highest BCUT2D eigenvalue weighted by atomic mass is 16.5. The van der Waals surface area contributed by atoms with Gasteiger partial charge in [-0.1, -0.05) is 54.6 Å². The van der Waals surface area contributed by atoms with Gasteiger partial charge in [0.2, 0.25) is 0 Å². The predicted molar refractivity (Wildman–Crippen MR) is 102 cm³/mol. The van der Waals surface area contributed by atoms with Gasteiger partial charge in [0.25, 0.3) is 0 Å². The Kier molecular flexibility index (Phi) is 5.62. The zero-order valence-electron chi connectivity index (χ0n) is 14.0. The van der Waals surface area contributed by atoms with Gasteiger partial charge in [-0.15, -0.1) is 0 Å². The van der Waals surface area contributed by atoms with E-state index in [0.29, 0.717) is 18.0 Å². The van der Waals surface area contributed by atoms with Gasteiger partial charge in [0.1, 0.15) is 12.4 Å². The van der Waals surface area contributed by atoms with Crippen LogP contribution >= 0.6 is 0 Å². The van der Waals surface area contributed by atoms with Crippen molar-refractivity contribution in [1.82, 2.24) is 0 Å². The quantitative estimate of drug-likeness (QED) is 0.491. The van der Waals surface area contributed by atoms with Gasteiger partial charge in [0.15, 0.2) is 0 Å². The molecule has 0 fully saturated rings. The van der Waals surface area contributed by atoms with Crippen LogP contribution in [0.3, 0.4) is 0 Å². The summed E-state index contributed by atoms with van der Waals surface area (Å²) in [5, 5.41) is 13.3. The molecule has 0 unspecified atom stereocenters. The maximum atomic E-state index is 11.2. The van der Waals surface area contributed by atoms with Gasteiger partial charge in [-0.05, 0) is 29.8 Å². The van der Waals surface area contributed by atoms with Crippen LogP contribution in [-0.2, 0) is 6.61 Å². The van der Waals surface area contributed by atoms with Crippen LogP contribution in [0.1, 0.15) is 21.5 Å². The first-order valence-electron chi connectivity index (χ1n) is 8.11. The molecule has 0 bridgehead atoms. The van der Waals surface area contributed by atoms with Crippen molar-refractivity contribution in [2.75, 3.05) is 5.43 Å². The Morgan fingerprint density at radius 3 is 2.46 bits per heavy atom. The summed E-state index contributed by atoms with van der Waals surface area (Å²) in [6.45, 7) is 0.459. The van der Waals surface area contributed by atoms with Crippen molar-refractivity contribution >= 4 is 17.9 Å². The number of carboxylic acid groups (broad SMARTS) is 1. The number of hydrazone groups is 1. The molecule has 0 amide bonds. The SMILES string of the molecule is O=C(O)c1ccccc1NN=Cc1ccccc1OCc1ccccc1. The van der Waals surface area contributed by atoms with Crippen LogP contribution in [0, 0.1) is 0 Å². The van der Waals surface area contributed by atoms with E-state index < -0.39 is 5.97 Å². The Balaban J connectivity index is 1.70. The molecular formula is C21H18N2O3. The second kappa shape index (κ2) is 8.48. The highest BCUT2D eigenvalue weighted by molar-refractivity contribution is 5.94. The first-order valence-corrected chi connectivity index (χ1v) is 8.11. The second-order valence-corrected chi connectivity index (χ2v) is 5.53. The number of nitrogens with one attached hydrogen (secondary N) is 1. The van der Waals surface area contributed by atoms with E-state index in [1.165, 1.54) is 6.07 Å². The number of carbonyl (C=O) groups is 1. The van der Waals surface area contributed by atoms with E-state index in [4.69, 9.17) is 4.74 Å². The fourth-order valence-electron chi connectivity index (χ4n) is 2.39. The number of anilines is 1. The number of ether oxygens (including phenoxy) is 1. The zero-order valence-corrected chi connectivity index (χ0v) is 14.0. The molecule has 5 heteroatoms. The molecule has 3 aromatic rings.